The van der Waals surface area contributed by atoms with E-state index in [1.165, 1.54) is 0 Å². The molecule has 0 spiro atoms. The monoisotopic (exact) mass is 388 g/mol. The second kappa shape index (κ2) is 10.1. The zero-order valence-electron chi connectivity index (χ0n) is 16.4. The van der Waals surface area contributed by atoms with Crippen molar-refractivity contribution in [2.24, 2.45) is 0 Å². The lowest BCUT2D eigenvalue weighted by molar-refractivity contribution is -0.115. The average Bonchev–Trinajstić information content (AvgIpc) is 2.74. The SMILES string of the molecule is CCCOc1cccc(C(=O)Nc2ccc(NC(=O)Cc3ccccc3)cc2)c1. The number of carbonyl (C=O) groups is 2. The standard InChI is InChI=1S/C24H24N2O3/c1-2-15-29-22-10-6-9-19(17-22)24(28)26-21-13-11-20(12-14-21)25-23(27)16-18-7-4-3-5-8-18/h3-14,17H,2,15-16H2,1H3,(H,25,27)(H,26,28). The summed E-state index contributed by atoms with van der Waals surface area (Å²) in [7, 11) is 0. The number of anilines is 2. The van der Waals surface area contributed by atoms with Gasteiger partial charge in [-0.1, -0.05) is 43.3 Å². The third-order valence-electron chi connectivity index (χ3n) is 4.20. The molecule has 0 fully saturated rings. The molecule has 0 heterocycles. The summed E-state index contributed by atoms with van der Waals surface area (Å²) in [6.07, 6.45) is 1.22. The van der Waals surface area contributed by atoms with Crippen molar-refractivity contribution in [2.45, 2.75) is 19.8 Å². The van der Waals surface area contributed by atoms with Crippen LogP contribution in [0.25, 0.3) is 0 Å². The predicted octanol–water partition coefficient (Wildman–Crippen LogP) is 4.91. The van der Waals surface area contributed by atoms with Gasteiger partial charge < -0.3 is 15.4 Å². The fourth-order valence-corrected chi connectivity index (χ4v) is 2.77. The summed E-state index contributed by atoms with van der Waals surface area (Å²) in [6, 6.07) is 23.7. The Morgan fingerprint density at radius 2 is 1.52 bits per heavy atom. The predicted molar refractivity (Wildman–Crippen MR) is 115 cm³/mol. The van der Waals surface area contributed by atoms with Crippen molar-refractivity contribution < 1.29 is 14.3 Å². The Hall–Kier alpha value is -3.60. The van der Waals surface area contributed by atoms with Gasteiger partial charge in [0, 0.05) is 16.9 Å². The summed E-state index contributed by atoms with van der Waals surface area (Å²) in [5.41, 5.74) is 2.81. The van der Waals surface area contributed by atoms with Crippen LogP contribution >= 0.6 is 0 Å². The van der Waals surface area contributed by atoms with Gasteiger partial charge in [-0.2, -0.15) is 0 Å². The van der Waals surface area contributed by atoms with E-state index in [-0.39, 0.29) is 11.8 Å². The van der Waals surface area contributed by atoms with Gasteiger partial charge in [0.15, 0.2) is 0 Å². The molecule has 2 amide bonds. The van der Waals surface area contributed by atoms with E-state index >= 15 is 0 Å². The van der Waals surface area contributed by atoms with Crippen LogP contribution in [0, 0.1) is 0 Å². The van der Waals surface area contributed by atoms with E-state index in [9.17, 15) is 9.59 Å². The Kier molecular flexibility index (Phi) is 7.00. The minimum absolute atomic E-state index is 0.0862. The van der Waals surface area contributed by atoms with Gasteiger partial charge >= 0.3 is 0 Å². The molecule has 0 atom stereocenters. The van der Waals surface area contributed by atoms with Crippen LogP contribution in [0.4, 0.5) is 11.4 Å². The first-order valence-electron chi connectivity index (χ1n) is 9.62. The van der Waals surface area contributed by atoms with Crippen molar-refractivity contribution in [1.82, 2.24) is 0 Å². The molecule has 0 radical (unpaired) electrons. The maximum Gasteiger partial charge on any atom is 0.255 e. The molecular weight excluding hydrogens is 364 g/mol. The Labute approximate surface area is 170 Å². The molecule has 0 aliphatic heterocycles. The molecule has 5 heteroatoms. The molecule has 0 aliphatic carbocycles. The highest BCUT2D eigenvalue weighted by atomic mass is 16.5. The maximum atomic E-state index is 12.5. The molecule has 5 nitrogen and oxygen atoms in total. The van der Waals surface area contributed by atoms with Gasteiger partial charge in [0.2, 0.25) is 5.91 Å². The third kappa shape index (κ3) is 6.21. The van der Waals surface area contributed by atoms with E-state index < -0.39 is 0 Å². The topological polar surface area (TPSA) is 67.4 Å². The highest BCUT2D eigenvalue weighted by Gasteiger charge is 2.08. The molecule has 0 saturated carbocycles. The lowest BCUT2D eigenvalue weighted by Gasteiger charge is -2.09. The number of benzene rings is 3. The highest BCUT2D eigenvalue weighted by Crippen LogP contribution is 2.18. The number of nitrogens with one attached hydrogen (secondary N) is 2. The second-order valence-electron chi connectivity index (χ2n) is 6.62. The lowest BCUT2D eigenvalue weighted by atomic mass is 10.1. The van der Waals surface area contributed by atoms with Crippen molar-refractivity contribution in [3.63, 3.8) is 0 Å². The van der Waals surface area contributed by atoms with Crippen LogP contribution < -0.4 is 15.4 Å². The van der Waals surface area contributed by atoms with Gasteiger partial charge in [-0.05, 0) is 54.4 Å². The zero-order valence-corrected chi connectivity index (χ0v) is 16.4. The van der Waals surface area contributed by atoms with Gasteiger partial charge in [0.1, 0.15) is 5.75 Å². The van der Waals surface area contributed by atoms with Crippen molar-refractivity contribution in [3.05, 3.63) is 90.0 Å². The van der Waals surface area contributed by atoms with E-state index in [2.05, 4.69) is 10.6 Å². The molecule has 148 valence electrons. The quantitative estimate of drug-likeness (QED) is 0.576. The van der Waals surface area contributed by atoms with Crippen LogP contribution in [0.2, 0.25) is 0 Å². The molecule has 3 rings (SSSR count). The third-order valence-corrected chi connectivity index (χ3v) is 4.20. The van der Waals surface area contributed by atoms with Gasteiger partial charge in [0.25, 0.3) is 5.91 Å². The fraction of sp³-hybridized carbons (Fsp3) is 0.167. The first-order chi connectivity index (χ1) is 14.1. The number of ether oxygens (including phenoxy) is 1. The molecule has 29 heavy (non-hydrogen) atoms. The molecular formula is C24H24N2O3. The van der Waals surface area contributed by atoms with Crippen molar-refractivity contribution in [3.8, 4) is 5.75 Å². The molecule has 0 aliphatic rings. The number of hydrogen-bond acceptors (Lipinski definition) is 3. The maximum absolute atomic E-state index is 12.5. The van der Waals surface area contributed by atoms with Crippen molar-refractivity contribution in [2.75, 3.05) is 17.2 Å². The molecule has 0 saturated heterocycles. The number of hydrogen-bond donors (Lipinski definition) is 2. The van der Waals surface area contributed by atoms with Crippen LogP contribution in [-0.2, 0) is 11.2 Å². The second-order valence-corrected chi connectivity index (χ2v) is 6.62. The van der Waals surface area contributed by atoms with E-state index in [1.54, 1.807) is 42.5 Å². The minimum Gasteiger partial charge on any atom is -0.494 e. The Morgan fingerprint density at radius 1 is 0.828 bits per heavy atom. The molecule has 0 bridgehead atoms. The number of carbonyl (C=O) groups excluding carboxylic acids is 2. The van der Waals surface area contributed by atoms with Crippen LogP contribution in [0.15, 0.2) is 78.9 Å². The van der Waals surface area contributed by atoms with Crippen molar-refractivity contribution >= 4 is 23.2 Å². The Balaban J connectivity index is 1.56. The Morgan fingerprint density at radius 3 is 2.21 bits per heavy atom. The molecule has 0 aromatic heterocycles. The van der Waals surface area contributed by atoms with E-state index in [0.717, 1.165) is 12.0 Å². The summed E-state index contributed by atoms with van der Waals surface area (Å²) in [5, 5.41) is 5.72. The van der Waals surface area contributed by atoms with Crippen LogP contribution in [0.5, 0.6) is 5.75 Å². The summed E-state index contributed by atoms with van der Waals surface area (Å²) in [6.45, 7) is 2.65. The fourth-order valence-electron chi connectivity index (χ4n) is 2.77. The van der Waals surface area contributed by atoms with Crippen molar-refractivity contribution in [1.29, 1.82) is 0 Å². The summed E-state index contributed by atoms with van der Waals surface area (Å²) >= 11 is 0. The number of amides is 2. The molecule has 2 N–H and O–H groups in total. The van der Waals surface area contributed by atoms with E-state index in [1.807, 2.05) is 43.3 Å². The Bertz CT molecular complexity index is 953. The average molecular weight is 388 g/mol. The van der Waals surface area contributed by atoms with Crippen LogP contribution in [-0.4, -0.2) is 18.4 Å². The first kappa shape index (κ1) is 20.1. The molecule has 0 unspecified atom stereocenters. The lowest BCUT2D eigenvalue weighted by Crippen LogP contribution is -2.15. The van der Waals surface area contributed by atoms with E-state index in [4.69, 9.17) is 4.74 Å². The van der Waals surface area contributed by atoms with Crippen LogP contribution in [0.3, 0.4) is 0 Å². The van der Waals surface area contributed by atoms with Gasteiger partial charge in [0.05, 0.1) is 13.0 Å². The normalized spacial score (nSPS) is 10.2. The zero-order chi connectivity index (χ0) is 20.5. The summed E-state index contributed by atoms with van der Waals surface area (Å²) in [4.78, 5) is 24.6. The minimum atomic E-state index is -0.215. The summed E-state index contributed by atoms with van der Waals surface area (Å²) < 4.78 is 5.57. The van der Waals surface area contributed by atoms with Gasteiger partial charge in [-0.3, -0.25) is 9.59 Å². The molecule has 3 aromatic rings. The first-order valence-corrected chi connectivity index (χ1v) is 9.62. The van der Waals surface area contributed by atoms with Gasteiger partial charge in [-0.25, -0.2) is 0 Å². The summed E-state index contributed by atoms with van der Waals surface area (Å²) in [5.74, 6) is 0.376. The van der Waals surface area contributed by atoms with Gasteiger partial charge in [-0.15, -0.1) is 0 Å². The van der Waals surface area contributed by atoms with Crippen LogP contribution in [0.1, 0.15) is 29.3 Å². The van der Waals surface area contributed by atoms with E-state index in [0.29, 0.717) is 35.7 Å². The molecule has 3 aromatic carbocycles. The number of rotatable bonds is 8. The highest BCUT2D eigenvalue weighted by molar-refractivity contribution is 6.04. The smallest absolute Gasteiger partial charge is 0.255 e. The largest absolute Gasteiger partial charge is 0.494 e.